The lowest BCUT2D eigenvalue weighted by molar-refractivity contribution is 0.408. The second-order valence-electron chi connectivity index (χ2n) is 4.66. The van der Waals surface area contributed by atoms with Gasteiger partial charge in [0.05, 0.1) is 13.2 Å². The first-order chi connectivity index (χ1) is 9.10. The van der Waals surface area contributed by atoms with Crippen LogP contribution in [0.5, 0.6) is 11.5 Å². The summed E-state index contributed by atoms with van der Waals surface area (Å²) in [7, 11) is 1.68. The van der Waals surface area contributed by atoms with Gasteiger partial charge in [0, 0.05) is 17.3 Å². The lowest BCUT2D eigenvalue weighted by atomic mass is 10.0. The number of anilines is 1. The first-order valence-corrected chi connectivity index (χ1v) is 6.30. The Morgan fingerprint density at radius 2 is 1.95 bits per heavy atom. The molecule has 0 aliphatic heterocycles. The summed E-state index contributed by atoms with van der Waals surface area (Å²) < 4.78 is 5.39. The quantitative estimate of drug-likeness (QED) is 0.873. The van der Waals surface area contributed by atoms with Crippen molar-refractivity contribution < 1.29 is 9.84 Å². The van der Waals surface area contributed by atoms with Crippen LogP contribution in [0.2, 0.25) is 0 Å². The van der Waals surface area contributed by atoms with E-state index in [1.807, 2.05) is 24.3 Å². The number of hydrogen-bond donors (Lipinski definition) is 2. The zero-order valence-corrected chi connectivity index (χ0v) is 11.5. The lowest BCUT2D eigenvalue weighted by Gasteiger charge is -2.19. The van der Waals surface area contributed by atoms with E-state index < -0.39 is 0 Å². The maximum atomic E-state index is 9.48. The van der Waals surface area contributed by atoms with Gasteiger partial charge in [-0.3, -0.25) is 0 Å². The fraction of sp³-hybridized carbons (Fsp3) is 0.250. The average Bonchev–Trinajstić information content (AvgIpc) is 2.38. The number of hydrogen-bond acceptors (Lipinski definition) is 3. The second-order valence-corrected chi connectivity index (χ2v) is 4.66. The first-order valence-electron chi connectivity index (χ1n) is 6.30. The molecule has 1 atom stereocenters. The largest absolute Gasteiger partial charge is 0.508 e. The van der Waals surface area contributed by atoms with Crippen LogP contribution in [0.25, 0.3) is 0 Å². The molecule has 0 fully saturated rings. The van der Waals surface area contributed by atoms with E-state index in [4.69, 9.17) is 4.74 Å². The van der Waals surface area contributed by atoms with Crippen molar-refractivity contribution in [3.05, 3.63) is 53.6 Å². The molecule has 3 heteroatoms. The van der Waals surface area contributed by atoms with Crippen molar-refractivity contribution >= 4 is 5.69 Å². The van der Waals surface area contributed by atoms with Crippen molar-refractivity contribution in [3.8, 4) is 11.5 Å². The molecule has 0 aromatic heterocycles. The lowest BCUT2D eigenvalue weighted by Crippen LogP contribution is -2.08. The van der Waals surface area contributed by atoms with Gasteiger partial charge in [-0.15, -0.1) is 0 Å². The summed E-state index contributed by atoms with van der Waals surface area (Å²) in [5, 5.41) is 12.8. The zero-order chi connectivity index (χ0) is 13.8. The Morgan fingerprint density at radius 3 is 2.63 bits per heavy atom. The third-order valence-electron chi connectivity index (χ3n) is 3.08. The van der Waals surface area contributed by atoms with Crippen LogP contribution in [0.15, 0.2) is 42.5 Å². The number of aryl methyl sites for hydroxylation is 1. The van der Waals surface area contributed by atoms with E-state index in [-0.39, 0.29) is 11.8 Å². The fourth-order valence-electron chi connectivity index (χ4n) is 2.12. The number of nitrogens with one attached hydrogen (secondary N) is 1. The SMILES string of the molecule is COc1ccc(C)cc1C(C)Nc1cccc(O)c1. The third kappa shape index (κ3) is 3.19. The predicted molar refractivity (Wildman–Crippen MR) is 77.9 cm³/mol. The van der Waals surface area contributed by atoms with E-state index in [9.17, 15) is 5.11 Å². The summed E-state index contributed by atoms with van der Waals surface area (Å²) in [6.07, 6.45) is 0. The molecule has 100 valence electrons. The van der Waals surface area contributed by atoms with Crippen LogP contribution >= 0.6 is 0 Å². The third-order valence-corrected chi connectivity index (χ3v) is 3.08. The van der Waals surface area contributed by atoms with Gasteiger partial charge in [0.2, 0.25) is 0 Å². The molecule has 2 aromatic rings. The maximum Gasteiger partial charge on any atom is 0.124 e. The molecule has 3 nitrogen and oxygen atoms in total. The number of benzene rings is 2. The molecular formula is C16H19NO2. The van der Waals surface area contributed by atoms with Gasteiger partial charge in [0.15, 0.2) is 0 Å². The molecule has 0 aliphatic rings. The van der Waals surface area contributed by atoms with Gasteiger partial charge in [-0.05, 0) is 32.0 Å². The van der Waals surface area contributed by atoms with Gasteiger partial charge in [-0.2, -0.15) is 0 Å². The Bertz CT molecular complexity index is 566. The minimum absolute atomic E-state index is 0.0941. The maximum absolute atomic E-state index is 9.48. The topological polar surface area (TPSA) is 41.5 Å². The van der Waals surface area contributed by atoms with Crippen LogP contribution in [-0.2, 0) is 0 Å². The number of ether oxygens (including phenoxy) is 1. The van der Waals surface area contributed by atoms with E-state index in [0.717, 1.165) is 17.0 Å². The number of phenols is 1. The fourth-order valence-corrected chi connectivity index (χ4v) is 2.12. The minimum Gasteiger partial charge on any atom is -0.508 e. The average molecular weight is 257 g/mol. The molecular weight excluding hydrogens is 238 g/mol. The van der Waals surface area contributed by atoms with Gasteiger partial charge < -0.3 is 15.2 Å². The molecule has 2 rings (SSSR count). The highest BCUT2D eigenvalue weighted by molar-refractivity contribution is 5.51. The number of methoxy groups -OCH3 is 1. The highest BCUT2D eigenvalue weighted by Gasteiger charge is 2.11. The minimum atomic E-state index is 0.0941. The van der Waals surface area contributed by atoms with Gasteiger partial charge in [0.1, 0.15) is 11.5 Å². The standard InChI is InChI=1S/C16H19NO2/c1-11-7-8-16(19-3)15(9-11)12(2)17-13-5-4-6-14(18)10-13/h4-10,12,17-18H,1-3H3. The number of phenolic OH excluding ortho intramolecular Hbond substituents is 1. The van der Waals surface area contributed by atoms with Crippen LogP contribution in [0.1, 0.15) is 24.1 Å². The number of aromatic hydroxyl groups is 1. The molecule has 1 unspecified atom stereocenters. The Hall–Kier alpha value is -2.16. The van der Waals surface area contributed by atoms with Crippen molar-refractivity contribution in [3.63, 3.8) is 0 Å². The van der Waals surface area contributed by atoms with E-state index in [0.29, 0.717) is 0 Å². The highest BCUT2D eigenvalue weighted by atomic mass is 16.5. The smallest absolute Gasteiger partial charge is 0.124 e. The predicted octanol–water partition coefficient (Wildman–Crippen LogP) is 3.88. The molecule has 0 heterocycles. The molecule has 19 heavy (non-hydrogen) atoms. The Balaban J connectivity index is 2.24. The van der Waals surface area contributed by atoms with E-state index in [1.165, 1.54) is 5.56 Å². The Labute approximate surface area is 113 Å². The first kappa shape index (κ1) is 13.3. The van der Waals surface area contributed by atoms with E-state index in [1.54, 1.807) is 19.2 Å². The highest BCUT2D eigenvalue weighted by Crippen LogP contribution is 2.29. The van der Waals surface area contributed by atoms with Gasteiger partial charge in [-0.1, -0.05) is 23.8 Å². The molecule has 0 aliphatic carbocycles. The van der Waals surface area contributed by atoms with Gasteiger partial charge >= 0.3 is 0 Å². The summed E-state index contributed by atoms with van der Waals surface area (Å²) in [6.45, 7) is 4.13. The van der Waals surface area contributed by atoms with Crippen LogP contribution in [0, 0.1) is 6.92 Å². The molecule has 0 amide bonds. The Morgan fingerprint density at radius 1 is 1.16 bits per heavy atom. The molecule has 0 bridgehead atoms. The van der Waals surface area contributed by atoms with Crippen molar-refractivity contribution in [2.24, 2.45) is 0 Å². The summed E-state index contributed by atoms with van der Waals surface area (Å²) in [5.74, 6) is 1.12. The summed E-state index contributed by atoms with van der Waals surface area (Å²) in [6, 6.07) is 13.3. The molecule has 2 N–H and O–H groups in total. The summed E-state index contributed by atoms with van der Waals surface area (Å²) in [5.41, 5.74) is 3.18. The second kappa shape index (κ2) is 5.65. The van der Waals surface area contributed by atoms with Crippen molar-refractivity contribution in [2.45, 2.75) is 19.9 Å². The van der Waals surface area contributed by atoms with Crippen molar-refractivity contribution in [1.82, 2.24) is 0 Å². The van der Waals surface area contributed by atoms with Crippen LogP contribution in [0.3, 0.4) is 0 Å². The molecule has 0 radical (unpaired) electrons. The van der Waals surface area contributed by atoms with E-state index >= 15 is 0 Å². The van der Waals surface area contributed by atoms with Crippen LogP contribution in [-0.4, -0.2) is 12.2 Å². The van der Waals surface area contributed by atoms with Gasteiger partial charge in [-0.25, -0.2) is 0 Å². The summed E-state index contributed by atoms with van der Waals surface area (Å²) in [4.78, 5) is 0. The van der Waals surface area contributed by atoms with Crippen molar-refractivity contribution in [2.75, 3.05) is 12.4 Å². The molecule has 0 saturated heterocycles. The van der Waals surface area contributed by atoms with Gasteiger partial charge in [0.25, 0.3) is 0 Å². The zero-order valence-electron chi connectivity index (χ0n) is 11.5. The molecule has 0 saturated carbocycles. The normalized spacial score (nSPS) is 11.9. The number of rotatable bonds is 4. The monoisotopic (exact) mass is 257 g/mol. The molecule has 2 aromatic carbocycles. The van der Waals surface area contributed by atoms with Crippen molar-refractivity contribution in [1.29, 1.82) is 0 Å². The van der Waals surface area contributed by atoms with Crippen LogP contribution < -0.4 is 10.1 Å². The Kier molecular flexibility index (Phi) is 3.95. The summed E-state index contributed by atoms with van der Waals surface area (Å²) >= 11 is 0. The van der Waals surface area contributed by atoms with Crippen LogP contribution in [0.4, 0.5) is 5.69 Å². The molecule has 0 spiro atoms. The van der Waals surface area contributed by atoms with E-state index in [2.05, 4.69) is 25.2 Å².